The van der Waals surface area contributed by atoms with Gasteiger partial charge in [-0.2, -0.15) is 8.42 Å². The van der Waals surface area contributed by atoms with Gasteiger partial charge in [0.15, 0.2) is 17.3 Å². The quantitative estimate of drug-likeness (QED) is 0.686. The molecule has 0 radical (unpaired) electrons. The first-order valence-corrected chi connectivity index (χ1v) is 10.2. The first kappa shape index (κ1) is 18.9. The molecule has 3 aromatic rings. The molecular weight excluding hydrogens is 395 g/mol. The first-order valence-electron chi connectivity index (χ1n) is 8.73. The molecule has 29 heavy (non-hydrogen) atoms. The van der Waals surface area contributed by atoms with Crippen molar-refractivity contribution in [2.24, 2.45) is 4.40 Å². The van der Waals surface area contributed by atoms with Crippen molar-refractivity contribution in [2.45, 2.75) is 11.5 Å². The Balaban J connectivity index is 1.61. The van der Waals surface area contributed by atoms with Crippen LogP contribution in [0.5, 0.6) is 11.5 Å². The van der Waals surface area contributed by atoms with Gasteiger partial charge in [-0.15, -0.1) is 4.40 Å². The Hall–Kier alpha value is -3.39. The van der Waals surface area contributed by atoms with E-state index >= 15 is 0 Å². The zero-order valence-electron chi connectivity index (χ0n) is 15.4. The summed E-state index contributed by atoms with van der Waals surface area (Å²) in [4.78, 5) is 0.130. The molecule has 0 atom stereocenters. The van der Waals surface area contributed by atoms with Crippen molar-refractivity contribution in [1.82, 2.24) is 0 Å². The number of ether oxygens (including phenoxy) is 2. The van der Waals surface area contributed by atoms with Gasteiger partial charge in [-0.25, -0.2) is 4.39 Å². The fraction of sp³-hybridized carbons (Fsp3) is 0.0952. The van der Waals surface area contributed by atoms with E-state index in [1.165, 1.54) is 25.3 Å². The summed E-state index contributed by atoms with van der Waals surface area (Å²) in [5, 5.41) is 3.04. The molecular formula is C21H17FN2O4S. The van der Waals surface area contributed by atoms with Gasteiger partial charge in [0.2, 0.25) is 0 Å². The fourth-order valence-electron chi connectivity index (χ4n) is 2.96. The maximum Gasteiger partial charge on any atom is 0.286 e. The lowest BCUT2D eigenvalue weighted by Gasteiger charge is -2.19. The molecule has 1 N–H and O–H groups in total. The molecule has 8 heteroatoms. The second kappa shape index (κ2) is 7.56. The Morgan fingerprint density at radius 2 is 1.83 bits per heavy atom. The van der Waals surface area contributed by atoms with Crippen molar-refractivity contribution in [1.29, 1.82) is 0 Å². The van der Waals surface area contributed by atoms with Crippen LogP contribution in [0.2, 0.25) is 0 Å². The van der Waals surface area contributed by atoms with E-state index in [0.717, 1.165) is 0 Å². The van der Waals surface area contributed by atoms with Crippen molar-refractivity contribution in [3.05, 3.63) is 83.7 Å². The molecule has 6 nitrogen and oxygen atoms in total. The summed E-state index contributed by atoms with van der Waals surface area (Å²) in [6, 6.07) is 17.7. The van der Waals surface area contributed by atoms with Crippen molar-refractivity contribution in [3.63, 3.8) is 0 Å². The van der Waals surface area contributed by atoms with Crippen LogP contribution >= 0.6 is 0 Å². The number of benzene rings is 3. The molecule has 0 unspecified atom stereocenters. The van der Waals surface area contributed by atoms with E-state index < -0.39 is 10.0 Å². The standard InChI is InChI=1S/C21H17FN2O4S/c1-27-19-12-15(9-10-18(19)28-13-14-5-4-6-16(22)11-14)21-23-17-7-2-3-8-20(17)29(25,26)24-21/h2-12H,13H2,1H3,(H,23,24). The predicted molar refractivity (Wildman–Crippen MR) is 108 cm³/mol. The number of methoxy groups -OCH3 is 1. The third-order valence-electron chi connectivity index (χ3n) is 4.35. The fourth-order valence-corrected chi connectivity index (χ4v) is 4.10. The van der Waals surface area contributed by atoms with Crippen molar-refractivity contribution in [3.8, 4) is 11.5 Å². The summed E-state index contributed by atoms with van der Waals surface area (Å²) in [5.74, 6) is 0.704. The Labute approximate surface area is 167 Å². The molecule has 4 rings (SSSR count). The van der Waals surface area contributed by atoms with E-state index in [0.29, 0.717) is 28.3 Å². The molecule has 0 fully saturated rings. The lowest BCUT2D eigenvalue weighted by molar-refractivity contribution is 0.284. The summed E-state index contributed by atoms with van der Waals surface area (Å²) >= 11 is 0. The molecule has 1 aliphatic heterocycles. The maximum absolute atomic E-state index is 13.3. The molecule has 3 aromatic carbocycles. The highest BCUT2D eigenvalue weighted by atomic mass is 32.2. The van der Waals surface area contributed by atoms with Crippen molar-refractivity contribution in [2.75, 3.05) is 12.4 Å². The average Bonchev–Trinajstić information content (AvgIpc) is 2.71. The molecule has 0 bridgehead atoms. The van der Waals surface area contributed by atoms with Gasteiger partial charge >= 0.3 is 0 Å². The molecule has 0 aliphatic carbocycles. The molecule has 0 aromatic heterocycles. The highest BCUT2D eigenvalue weighted by Gasteiger charge is 2.25. The van der Waals surface area contributed by atoms with Gasteiger partial charge in [-0.3, -0.25) is 0 Å². The van der Waals surface area contributed by atoms with Crippen molar-refractivity contribution < 1.29 is 22.3 Å². The van der Waals surface area contributed by atoms with Gasteiger partial charge < -0.3 is 14.8 Å². The lowest BCUT2D eigenvalue weighted by Crippen LogP contribution is -2.22. The van der Waals surface area contributed by atoms with Crippen LogP contribution in [0.3, 0.4) is 0 Å². The minimum atomic E-state index is -3.80. The summed E-state index contributed by atoms with van der Waals surface area (Å²) < 4.78 is 53.2. The number of nitrogens with one attached hydrogen (secondary N) is 1. The molecule has 1 heterocycles. The molecule has 148 valence electrons. The zero-order chi connectivity index (χ0) is 20.4. The summed E-state index contributed by atoms with van der Waals surface area (Å²) in [6.45, 7) is 0.161. The first-order chi connectivity index (χ1) is 14.0. The van der Waals surface area contributed by atoms with E-state index in [1.807, 2.05) is 0 Å². The van der Waals surface area contributed by atoms with Crippen LogP contribution in [-0.2, 0) is 16.6 Å². The Kier molecular flexibility index (Phi) is 4.94. The number of hydrogen-bond donors (Lipinski definition) is 1. The highest BCUT2D eigenvalue weighted by molar-refractivity contribution is 7.90. The minimum absolute atomic E-state index is 0.130. The Morgan fingerprint density at radius 3 is 2.62 bits per heavy atom. The monoisotopic (exact) mass is 412 g/mol. The van der Waals surface area contributed by atoms with E-state index in [-0.39, 0.29) is 23.2 Å². The maximum atomic E-state index is 13.3. The molecule has 1 aliphatic rings. The minimum Gasteiger partial charge on any atom is -0.493 e. The molecule has 0 saturated carbocycles. The Bertz CT molecular complexity index is 1210. The second-order valence-electron chi connectivity index (χ2n) is 6.32. The van der Waals surface area contributed by atoms with E-state index in [1.54, 1.807) is 48.5 Å². The van der Waals surface area contributed by atoms with E-state index in [9.17, 15) is 12.8 Å². The third kappa shape index (κ3) is 3.93. The molecule has 0 saturated heterocycles. The number of para-hydroxylation sites is 1. The number of halogens is 1. The highest BCUT2D eigenvalue weighted by Crippen LogP contribution is 2.32. The predicted octanol–water partition coefficient (Wildman–Crippen LogP) is 3.97. The second-order valence-corrected chi connectivity index (χ2v) is 7.89. The number of hydrogen-bond acceptors (Lipinski definition) is 5. The van der Waals surface area contributed by atoms with Crippen LogP contribution < -0.4 is 14.8 Å². The van der Waals surface area contributed by atoms with Gasteiger partial charge in [0.05, 0.1) is 12.8 Å². The van der Waals surface area contributed by atoms with Gasteiger partial charge in [-0.05, 0) is 48.0 Å². The van der Waals surface area contributed by atoms with E-state index in [4.69, 9.17) is 9.47 Å². The van der Waals surface area contributed by atoms with Crippen LogP contribution in [0, 0.1) is 5.82 Å². The number of rotatable bonds is 5. The number of anilines is 1. The zero-order valence-corrected chi connectivity index (χ0v) is 16.2. The van der Waals surface area contributed by atoms with Gasteiger partial charge in [0.1, 0.15) is 17.3 Å². The van der Waals surface area contributed by atoms with E-state index in [2.05, 4.69) is 9.71 Å². The van der Waals surface area contributed by atoms with Crippen LogP contribution in [0.4, 0.5) is 10.1 Å². The van der Waals surface area contributed by atoms with Crippen LogP contribution in [0.25, 0.3) is 0 Å². The topological polar surface area (TPSA) is 77.0 Å². The van der Waals surface area contributed by atoms with Gasteiger partial charge in [-0.1, -0.05) is 24.3 Å². The third-order valence-corrected chi connectivity index (χ3v) is 5.68. The van der Waals surface area contributed by atoms with Gasteiger partial charge in [0.25, 0.3) is 10.0 Å². The number of sulfonamides is 1. The molecule has 0 amide bonds. The average molecular weight is 412 g/mol. The summed E-state index contributed by atoms with van der Waals surface area (Å²) in [5.41, 5.74) is 1.66. The number of fused-ring (bicyclic) bond motifs is 1. The molecule has 0 spiro atoms. The number of amidine groups is 1. The smallest absolute Gasteiger partial charge is 0.286 e. The van der Waals surface area contributed by atoms with Crippen molar-refractivity contribution >= 4 is 21.5 Å². The Morgan fingerprint density at radius 1 is 1.00 bits per heavy atom. The largest absolute Gasteiger partial charge is 0.493 e. The normalized spacial score (nSPS) is 14.3. The van der Waals surface area contributed by atoms with Crippen LogP contribution in [0.1, 0.15) is 11.1 Å². The number of nitrogens with zero attached hydrogens (tertiary/aromatic N) is 1. The SMILES string of the molecule is COc1cc(C2=NS(=O)(=O)c3ccccc3N2)ccc1OCc1cccc(F)c1. The lowest BCUT2D eigenvalue weighted by atomic mass is 10.1. The summed E-state index contributed by atoms with van der Waals surface area (Å²) in [6.07, 6.45) is 0. The van der Waals surface area contributed by atoms with Crippen LogP contribution in [-0.4, -0.2) is 21.4 Å². The summed E-state index contributed by atoms with van der Waals surface area (Å²) in [7, 11) is -2.32. The van der Waals surface area contributed by atoms with Crippen LogP contribution in [0.15, 0.2) is 76.0 Å². The van der Waals surface area contributed by atoms with Gasteiger partial charge in [0, 0.05) is 5.56 Å².